The molecule has 84 valence electrons. The van der Waals surface area contributed by atoms with Gasteiger partial charge < -0.3 is 4.52 Å². The lowest BCUT2D eigenvalue weighted by Gasteiger charge is -2.14. The minimum Gasteiger partial charge on any atom is -0.347 e. The van der Waals surface area contributed by atoms with E-state index < -0.39 is 6.26 Å². The van der Waals surface area contributed by atoms with Crippen LogP contribution >= 0.6 is 6.26 Å². The molecule has 0 aromatic carbocycles. The smallest absolute Gasteiger partial charge is 0.0873 e. The molecule has 1 nitrogen and oxygen atoms in total. The van der Waals surface area contributed by atoms with Gasteiger partial charge in [-0.25, -0.2) is 0 Å². The summed E-state index contributed by atoms with van der Waals surface area (Å²) in [5, 5.41) is 0. The van der Waals surface area contributed by atoms with Crippen molar-refractivity contribution in [3.05, 3.63) is 11.9 Å². The lowest BCUT2D eigenvalue weighted by Crippen LogP contribution is -1.88. The Morgan fingerprint density at radius 1 is 1.21 bits per heavy atom. The van der Waals surface area contributed by atoms with Crippen LogP contribution in [0.3, 0.4) is 0 Å². The minimum atomic E-state index is -1.60. The highest BCUT2D eigenvalue weighted by Gasteiger charge is 2.08. The van der Waals surface area contributed by atoms with Crippen molar-refractivity contribution in [3.63, 3.8) is 0 Å². The fourth-order valence-corrected chi connectivity index (χ4v) is 3.17. The first-order chi connectivity index (χ1) is 6.68. The third-order valence-corrected chi connectivity index (χ3v) is 5.79. The van der Waals surface area contributed by atoms with Crippen LogP contribution < -0.4 is 0 Å². The molecule has 0 aliphatic rings. The predicted molar refractivity (Wildman–Crippen MR) is 69.7 cm³/mol. The van der Waals surface area contributed by atoms with Gasteiger partial charge in [0.1, 0.15) is 0 Å². The molecule has 0 aliphatic heterocycles. The monoisotopic (exact) mass is 234 g/mol. The molecule has 0 bridgehead atoms. The summed E-state index contributed by atoms with van der Waals surface area (Å²) < 4.78 is 5.62. The van der Waals surface area contributed by atoms with E-state index >= 15 is 0 Å². The third kappa shape index (κ3) is 6.75. The Morgan fingerprint density at radius 3 is 2.43 bits per heavy atom. The SMILES string of the molecule is CCCCCC=CP(=S)(CC)OCC. The van der Waals surface area contributed by atoms with Crippen molar-refractivity contribution in [2.45, 2.75) is 46.5 Å². The maximum absolute atomic E-state index is 5.62. The van der Waals surface area contributed by atoms with Gasteiger partial charge in [-0.2, -0.15) is 0 Å². The quantitative estimate of drug-likeness (QED) is 0.450. The molecule has 3 heteroatoms. The molecule has 14 heavy (non-hydrogen) atoms. The summed E-state index contributed by atoms with van der Waals surface area (Å²) >= 11 is 5.48. The molecule has 0 N–H and O–H groups in total. The van der Waals surface area contributed by atoms with E-state index in [1.165, 1.54) is 19.3 Å². The molecule has 0 radical (unpaired) electrons. The van der Waals surface area contributed by atoms with Gasteiger partial charge in [0.15, 0.2) is 0 Å². The molecular formula is C11H23OPS. The van der Waals surface area contributed by atoms with Crippen molar-refractivity contribution in [2.75, 3.05) is 12.8 Å². The van der Waals surface area contributed by atoms with Gasteiger partial charge in [-0.15, -0.1) is 0 Å². The zero-order valence-electron chi connectivity index (χ0n) is 9.66. The zero-order valence-corrected chi connectivity index (χ0v) is 11.4. The lowest BCUT2D eigenvalue weighted by atomic mass is 10.2. The summed E-state index contributed by atoms with van der Waals surface area (Å²) in [6, 6.07) is 0. The third-order valence-electron chi connectivity index (χ3n) is 2.10. The lowest BCUT2D eigenvalue weighted by molar-refractivity contribution is 0.381. The maximum atomic E-state index is 5.62. The average molecular weight is 234 g/mol. The molecule has 1 atom stereocenters. The second kappa shape index (κ2) is 8.64. The molecule has 0 spiro atoms. The largest absolute Gasteiger partial charge is 0.347 e. The van der Waals surface area contributed by atoms with Crippen LogP contribution in [-0.4, -0.2) is 12.8 Å². The summed E-state index contributed by atoms with van der Waals surface area (Å²) in [6.07, 6.45) is 6.61. The highest BCUT2D eigenvalue weighted by Crippen LogP contribution is 2.48. The molecule has 0 rings (SSSR count). The van der Waals surface area contributed by atoms with Crippen LogP contribution in [0.4, 0.5) is 0 Å². The predicted octanol–water partition coefficient (Wildman–Crippen LogP) is 4.53. The van der Waals surface area contributed by atoms with Gasteiger partial charge in [-0.1, -0.05) is 44.6 Å². The van der Waals surface area contributed by atoms with Crippen molar-refractivity contribution in [3.8, 4) is 0 Å². The normalized spacial score (nSPS) is 15.9. The fourth-order valence-electron chi connectivity index (χ4n) is 1.21. The number of allylic oxidation sites excluding steroid dienone is 1. The Bertz CT molecular complexity index is 201. The van der Waals surface area contributed by atoms with E-state index in [4.69, 9.17) is 16.3 Å². The molecule has 0 saturated carbocycles. The van der Waals surface area contributed by atoms with E-state index in [0.29, 0.717) is 0 Å². The van der Waals surface area contributed by atoms with Gasteiger partial charge in [-0.05, 0) is 31.7 Å². The number of hydrogen-bond acceptors (Lipinski definition) is 2. The summed E-state index contributed by atoms with van der Waals surface area (Å²) in [5.41, 5.74) is 0. The number of hydrogen-bond donors (Lipinski definition) is 0. The molecule has 0 fully saturated rings. The van der Waals surface area contributed by atoms with Crippen molar-refractivity contribution in [2.24, 2.45) is 0 Å². The highest BCUT2D eigenvalue weighted by molar-refractivity contribution is 8.13. The molecule has 0 amide bonds. The molecule has 1 unspecified atom stereocenters. The van der Waals surface area contributed by atoms with Gasteiger partial charge in [0.2, 0.25) is 0 Å². The van der Waals surface area contributed by atoms with Crippen LogP contribution in [0.1, 0.15) is 46.5 Å². The van der Waals surface area contributed by atoms with E-state index in [9.17, 15) is 0 Å². The van der Waals surface area contributed by atoms with Gasteiger partial charge >= 0.3 is 0 Å². The first-order valence-electron chi connectivity index (χ1n) is 5.59. The fraction of sp³-hybridized carbons (Fsp3) is 0.818. The summed E-state index contributed by atoms with van der Waals surface area (Å²) in [7, 11) is 0. The second-order valence-electron chi connectivity index (χ2n) is 3.34. The standard InChI is InChI=1S/C11H23OPS/c1-4-7-8-9-10-11-13(14,6-3)12-5-2/h10-11H,4-9H2,1-3H3. The van der Waals surface area contributed by atoms with E-state index in [-0.39, 0.29) is 0 Å². The Kier molecular flexibility index (Phi) is 8.86. The summed E-state index contributed by atoms with van der Waals surface area (Å²) in [4.78, 5) is 0. The molecule has 0 aliphatic carbocycles. The van der Waals surface area contributed by atoms with E-state index in [1.54, 1.807) is 0 Å². The van der Waals surface area contributed by atoms with Crippen molar-refractivity contribution < 1.29 is 4.52 Å². The zero-order chi connectivity index (χ0) is 10.9. The first kappa shape index (κ1) is 14.3. The van der Waals surface area contributed by atoms with Crippen molar-refractivity contribution in [1.29, 1.82) is 0 Å². The van der Waals surface area contributed by atoms with Crippen LogP contribution in [-0.2, 0) is 16.3 Å². The molecular weight excluding hydrogens is 211 g/mol. The van der Waals surface area contributed by atoms with Crippen molar-refractivity contribution >= 4 is 18.1 Å². The van der Waals surface area contributed by atoms with Crippen LogP contribution in [0, 0.1) is 0 Å². The van der Waals surface area contributed by atoms with Crippen LogP contribution in [0.5, 0.6) is 0 Å². The average Bonchev–Trinajstić information content (AvgIpc) is 2.18. The molecule has 0 aromatic rings. The highest BCUT2D eigenvalue weighted by atomic mass is 32.4. The Balaban J connectivity index is 3.85. The minimum absolute atomic E-state index is 0.740. The van der Waals surface area contributed by atoms with E-state index in [1.807, 2.05) is 6.92 Å². The number of unbranched alkanes of at least 4 members (excludes halogenated alkanes) is 3. The van der Waals surface area contributed by atoms with Crippen LogP contribution in [0.25, 0.3) is 0 Å². The number of rotatable bonds is 8. The van der Waals surface area contributed by atoms with Gasteiger partial charge in [0, 0.05) is 6.61 Å². The maximum Gasteiger partial charge on any atom is 0.0873 e. The Morgan fingerprint density at radius 2 is 1.93 bits per heavy atom. The second-order valence-corrected chi connectivity index (χ2v) is 7.84. The van der Waals surface area contributed by atoms with Gasteiger partial charge in [0.25, 0.3) is 0 Å². The molecule has 0 heterocycles. The summed E-state index contributed by atoms with van der Waals surface area (Å²) in [5.74, 6) is 2.15. The first-order valence-corrected chi connectivity index (χ1v) is 8.57. The topological polar surface area (TPSA) is 9.23 Å². The Labute approximate surface area is 94.0 Å². The summed E-state index contributed by atoms with van der Waals surface area (Å²) in [6.45, 7) is 7.10. The van der Waals surface area contributed by atoms with Crippen LogP contribution in [0.15, 0.2) is 11.9 Å². The Hall–Kier alpha value is 0.350. The van der Waals surface area contributed by atoms with Gasteiger partial charge in [-0.3, -0.25) is 0 Å². The van der Waals surface area contributed by atoms with Crippen molar-refractivity contribution in [1.82, 2.24) is 0 Å². The van der Waals surface area contributed by atoms with E-state index in [2.05, 4.69) is 25.7 Å². The van der Waals surface area contributed by atoms with Crippen LogP contribution in [0.2, 0.25) is 0 Å². The van der Waals surface area contributed by atoms with E-state index in [0.717, 1.165) is 19.2 Å². The molecule has 0 saturated heterocycles. The molecule has 0 aromatic heterocycles. The van der Waals surface area contributed by atoms with Gasteiger partial charge in [0.05, 0.1) is 6.26 Å².